The largest absolute Gasteiger partial charge is 0.497 e. The van der Waals surface area contributed by atoms with Gasteiger partial charge in [-0.3, -0.25) is 9.59 Å². The molecule has 7 heteroatoms. The zero-order valence-corrected chi connectivity index (χ0v) is 17.2. The maximum absolute atomic E-state index is 12.7. The summed E-state index contributed by atoms with van der Waals surface area (Å²) >= 11 is 0. The van der Waals surface area contributed by atoms with Crippen LogP contribution in [0.1, 0.15) is 37.3 Å². The summed E-state index contributed by atoms with van der Waals surface area (Å²) in [5.41, 5.74) is 1.40. The van der Waals surface area contributed by atoms with Crippen LogP contribution in [0.5, 0.6) is 5.75 Å². The van der Waals surface area contributed by atoms with Gasteiger partial charge in [-0.2, -0.15) is 0 Å². The summed E-state index contributed by atoms with van der Waals surface area (Å²) < 4.78 is 10.6. The van der Waals surface area contributed by atoms with Gasteiger partial charge in [-0.1, -0.05) is 0 Å². The van der Waals surface area contributed by atoms with Gasteiger partial charge in [-0.25, -0.2) is 4.79 Å². The van der Waals surface area contributed by atoms with Crippen molar-refractivity contribution >= 4 is 22.8 Å². The van der Waals surface area contributed by atoms with Crippen molar-refractivity contribution < 1.29 is 18.7 Å². The van der Waals surface area contributed by atoms with Crippen LogP contribution in [0.2, 0.25) is 0 Å². The molecule has 0 unspecified atom stereocenters. The van der Waals surface area contributed by atoms with Gasteiger partial charge < -0.3 is 19.4 Å². The molecular formula is C22H28N2O5. The van der Waals surface area contributed by atoms with Crippen LogP contribution in [-0.2, 0) is 16.0 Å². The highest BCUT2D eigenvalue weighted by molar-refractivity contribution is 5.83. The molecule has 1 aromatic carbocycles. The first-order valence-electron chi connectivity index (χ1n) is 10.1. The zero-order valence-electron chi connectivity index (χ0n) is 17.2. The number of ether oxygens (including phenoxy) is 1. The lowest BCUT2D eigenvalue weighted by atomic mass is 9.96. The summed E-state index contributed by atoms with van der Waals surface area (Å²) in [6.45, 7) is 5.44. The number of piperidine rings is 1. The summed E-state index contributed by atoms with van der Waals surface area (Å²) in [5.74, 6) is 0.434. The molecule has 0 spiro atoms. The van der Waals surface area contributed by atoms with E-state index in [-0.39, 0.29) is 24.2 Å². The normalized spacial score (nSPS) is 16.7. The van der Waals surface area contributed by atoms with Gasteiger partial charge >= 0.3 is 5.63 Å². The minimum absolute atomic E-state index is 0.00597. The molecule has 1 aliphatic heterocycles. The number of rotatable bonds is 6. The van der Waals surface area contributed by atoms with Gasteiger partial charge in [-0.05, 0) is 50.8 Å². The molecule has 0 saturated carbocycles. The Morgan fingerprint density at radius 2 is 2.14 bits per heavy atom. The third-order valence-corrected chi connectivity index (χ3v) is 5.58. The van der Waals surface area contributed by atoms with Gasteiger partial charge in [-0.15, -0.1) is 0 Å². The summed E-state index contributed by atoms with van der Waals surface area (Å²) in [6.07, 6.45) is 2.14. The van der Waals surface area contributed by atoms with E-state index in [0.717, 1.165) is 23.8 Å². The Morgan fingerprint density at radius 1 is 1.34 bits per heavy atom. The molecular weight excluding hydrogens is 372 g/mol. The predicted octanol–water partition coefficient (Wildman–Crippen LogP) is 2.42. The number of nitrogens with zero attached hydrogens (tertiary/aromatic N) is 1. The second-order valence-electron chi connectivity index (χ2n) is 7.43. The number of hydrogen-bond donors (Lipinski definition) is 1. The number of aryl methyl sites for hydroxylation is 1. The highest BCUT2D eigenvalue weighted by Gasteiger charge is 2.28. The van der Waals surface area contributed by atoms with Gasteiger partial charge in [0.05, 0.1) is 13.0 Å². The fraction of sp³-hybridized carbons (Fsp3) is 0.500. The number of hydrogen-bond acceptors (Lipinski definition) is 5. The van der Waals surface area contributed by atoms with Gasteiger partial charge in [0, 0.05) is 43.1 Å². The van der Waals surface area contributed by atoms with E-state index in [1.54, 1.807) is 18.1 Å². The van der Waals surface area contributed by atoms with Crippen LogP contribution in [-0.4, -0.2) is 43.5 Å². The van der Waals surface area contributed by atoms with E-state index in [0.29, 0.717) is 43.0 Å². The molecule has 7 nitrogen and oxygen atoms in total. The monoisotopic (exact) mass is 400 g/mol. The summed E-state index contributed by atoms with van der Waals surface area (Å²) in [4.78, 5) is 39.0. The molecule has 2 amide bonds. The number of methoxy groups -OCH3 is 1. The summed E-state index contributed by atoms with van der Waals surface area (Å²) in [5, 5.41) is 3.67. The minimum Gasteiger partial charge on any atom is -0.497 e. The van der Waals surface area contributed by atoms with Crippen molar-refractivity contribution in [3.63, 3.8) is 0 Å². The van der Waals surface area contributed by atoms with Crippen molar-refractivity contribution in [1.82, 2.24) is 10.2 Å². The Morgan fingerprint density at radius 3 is 2.86 bits per heavy atom. The van der Waals surface area contributed by atoms with Crippen LogP contribution >= 0.6 is 0 Å². The Kier molecular flexibility index (Phi) is 6.56. The molecule has 0 aliphatic carbocycles. The molecule has 29 heavy (non-hydrogen) atoms. The molecule has 2 aromatic rings. The average molecular weight is 400 g/mol. The Balaban J connectivity index is 1.70. The molecule has 1 aliphatic rings. The number of amides is 2. The maximum atomic E-state index is 12.7. The lowest BCUT2D eigenvalue weighted by Gasteiger charge is -2.32. The molecule has 1 aromatic heterocycles. The topological polar surface area (TPSA) is 88.8 Å². The van der Waals surface area contributed by atoms with E-state index < -0.39 is 5.63 Å². The van der Waals surface area contributed by atoms with E-state index in [9.17, 15) is 14.4 Å². The fourth-order valence-electron chi connectivity index (χ4n) is 3.92. The standard InChI is InChI=1S/C22H28N2O5/c1-4-23-21(26)15-6-5-11-24(13-15)20(25)10-9-18-14(2)17-8-7-16(28-3)12-19(17)29-22(18)27/h7-8,12,15H,4-6,9-11,13H2,1-3H3,(H,23,26)/t15-/m0/s1. The molecule has 1 atom stereocenters. The lowest BCUT2D eigenvalue weighted by Crippen LogP contribution is -2.45. The van der Waals surface area contributed by atoms with Crippen molar-refractivity contribution in [3.05, 3.63) is 39.7 Å². The lowest BCUT2D eigenvalue weighted by molar-refractivity contribution is -0.135. The molecule has 3 rings (SSSR count). The third kappa shape index (κ3) is 4.60. The molecule has 0 radical (unpaired) electrons. The van der Waals surface area contributed by atoms with Crippen LogP contribution in [0.3, 0.4) is 0 Å². The van der Waals surface area contributed by atoms with Crippen molar-refractivity contribution in [2.24, 2.45) is 5.92 Å². The van der Waals surface area contributed by atoms with Gasteiger partial charge in [0.25, 0.3) is 0 Å². The highest BCUT2D eigenvalue weighted by atomic mass is 16.5. The third-order valence-electron chi connectivity index (χ3n) is 5.58. The fourth-order valence-corrected chi connectivity index (χ4v) is 3.92. The van der Waals surface area contributed by atoms with Crippen LogP contribution in [0, 0.1) is 12.8 Å². The number of benzene rings is 1. The maximum Gasteiger partial charge on any atom is 0.339 e. The van der Waals surface area contributed by atoms with Crippen LogP contribution in [0.4, 0.5) is 0 Å². The molecule has 1 N–H and O–H groups in total. The first-order chi connectivity index (χ1) is 13.9. The van der Waals surface area contributed by atoms with Gasteiger partial charge in [0.1, 0.15) is 11.3 Å². The van der Waals surface area contributed by atoms with E-state index in [1.165, 1.54) is 0 Å². The molecule has 0 bridgehead atoms. The quantitative estimate of drug-likeness (QED) is 0.753. The SMILES string of the molecule is CCNC(=O)[C@H]1CCCN(C(=O)CCc2c(C)c3ccc(OC)cc3oc2=O)C1. The number of nitrogens with one attached hydrogen (secondary N) is 1. The predicted molar refractivity (Wildman–Crippen MR) is 110 cm³/mol. The number of carbonyl (C=O) groups excluding carboxylic acids is 2. The Hall–Kier alpha value is -2.83. The van der Waals surface area contributed by atoms with E-state index in [2.05, 4.69) is 5.32 Å². The van der Waals surface area contributed by atoms with Crippen molar-refractivity contribution in [2.75, 3.05) is 26.7 Å². The first kappa shape index (κ1) is 20.9. The van der Waals surface area contributed by atoms with E-state index in [4.69, 9.17) is 9.15 Å². The highest BCUT2D eigenvalue weighted by Crippen LogP contribution is 2.25. The number of likely N-dealkylation sites (tertiary alicyclic amines) is 1. The first-order valence-corrected chi connectivity index (χ1v) is 10.1. The number of fused-ring (bicyclic) bond motifs is 1. The van der Waals surface area contributed by atoms with Crippen molar-refractivity contribution in [1.29, 1.82) is 0 Å². The van der Waals surface area contributed by atoms with Crippen LogP contribution in [0.15, 0.2) is 27.4 Å². The minimum atomic E-state index is -0.421. The second-order valence-corrected chi connectivity index (χ2v) is 7.43. The van der Waals surface area contributed by atoms with E-state index >= 15 is 0 Å². The van der Waals surface area contributed by atoms with Crippen LogP contribution in [0.25, 0.3) is 11.0 Å². The average Bonchev–Trinajstić information content (AvgIpc) is 2.73. The second kappa shape index (κ2) is 9.11. The smallest absolute Gasteiger partial charge is 0.339 e. The van der Waals surface area contributed by atoms with Gasteiger partial charge in [0.2, 0.25) is 11.8 Å². The Bertz CT molecular complexity index is 966. The van der Waals surface area contributed by atoms with Crippen molar-refractivity contribution in [2.45, 2.75) is 39.5 Å². The molecule has 1 fully saturated rings. The Labute approximate surface area is 170 Å². The number of carbonyl (C=O) groups is 2. The zero-order chi connectivity index (χ0) is 21.0. The summed E-state index contributed by atoms with van der Waals surface area (Å²) in [6, 6.07) is 5.37. The van der Waals surface area contributed by atoms with E-state index in [1.807, 2.05) is 26.0 Å². The molecule has 156 valence electrons. The molecule has 1 saturated heterocycles. The van der Waals surface area contributed by atoms with Crippen LogP contribution < -0.4 is 15.7 Å². The molecule has 2 heterocycles. The van der Waals surface area contributed by atoms with Gasteiger partial charge in [0.15, 0.2) is 0 Å². The summed E-state index contributed by atoms with van der Waals surface area (Å²) in [7, 11) is 1.56. The van der Waals surface area contributed by atoms with Crippen molar-refractivity contribution in [3.8, 4) is 5.75 Å².